The molecule has 9 heteroatoms. The van der Waals surface area contributed by atoms with Gasteiger partial charge in [0, 0.05) is 24.3 Å². The summed E-state index contributed by atoms with van der Waals surface area (Å²) in [7, 11) is 0. The number of allylic oxidation sites excluding steroid dienone is 1. The van der Waals surface area contributed by atoms with Gasteiger partial charge in [-0.25, -0.2) is 9.78 Å². The fourth-order valence-corrected chi connectivity index (χ4v) is 7.47. The number of aromatic amines is 1. The molecule has 2 bridgehead atoms. The number of rotatable bonds is 6. The fraction of sp³-hybridized carbons (Fsp3) is 0.581. The number of aromatic nitrogens is 5. The summed E-state index contributed by atoms with van der Waals surface area (Å²) in [5, 5.41) is 3.95. The van der Waals surface area contributed by atoms with Gasteiger partial charge < -0.3 is 9.47 Å². The van der Waals surface area contributed by atoms with Crippen LogP contribution in [0.5, 0.6) is 0 Å². The Bertz CT molecular complexity index is 1570. The van der Waals surface area contributed by atoms with E-state index in [9.17, 15) is 14.4 Å². The lowest BCUT2D eigenvalue weighted by Gasteiger charge is -2.35. The first-order valence-corrected chi connectivity index (χ1v) is 15.0. The lowest BCUT2D eigenvalue weighted by atomic mass is 9.82. The van der Waals surface area contributed by atoms with Crippen molar-refractivity contribution in [2.45, 2.75) is 89.6 Å². The van der Waals surface area contributed by atoms with Gasteiger partial charge >= 0.3 is 5.69 Å². The predicted octanol–water partition coefficient (Wildman–Crippen LogP) is 4.56. The molecule has 6 rings (SSSR count). The van der Waals surface area contributed by atoms with Crippen LogP contribution in [0.4, 0.5) is 0 Å². The molecular weight excluding hydrogens is 504 g/mol. The zero-order valence-electron chi connectivity index (χ0n) is 23.4. The van der Waals surface area contributed by atoms with Crippen molar-refractivity contribution in [2.75, 3.05) is 6.54 Å². The van der Waals surface area contributed by atoms with E-state index in [2.05, 4.69) is 33.5 Å². The van der Waals surface area contributed by atoms with Crippen LogP contribution in [0, 0.1) is 17.8 Å². The average molecular weight is 545 g/mol. The van der Waals surface area contributed by atoms with Gasteiger partial charge in [0.2, 0.25) is 5.82 Å². The van der Waals surface area contributed by atoms with Gasteiger partial charge in [-0.05, 0) is 68.4 Å². The van der Waals surface area contributed by atoms with E-state index in [0.717, 1.165) is 54.5 Å². The molecule has 3 aliphatic rings. The predicted molar refractivity (Wildman–Crippen MR) is 156 cm³/mol. The third-order valence-electron chi connectivity index (χ3n) is 9.78. The van der Waals surface area contributed by atoms with Crippen molar-refractivity contribution in [3.05, 3.63) is 73.9 Å². The quantitative estimate of drug-likeness (QED) is 0.488. The van der Waals surface area contributed by atoms with E-state index in [0.29, 0.717) is 23.4 Å². The molecule has 0 radical (unpaired) electrons. The standard InChI is InChI=1S/C31H40N6O3/c1-20-12-15-24-17-25(16-23(20)19-35(24)21(2)13-14-22-8-4-3-5-9-22)36-27-11-7-6-10-26(27)33-29(30(36)39)37-31(40)34-28(38)18-32-37/h6-7,10-11,18,20,22-25H,2-5,8-9,12-17,19H2,1H3,(H,34,38,40)/t20-,23-,24+,25+/m0/s1. The first-order chi connectivity index (χ1) is 19.4. The van der Waals surface area contributed by atoms with Gasteiger partial charge in [-0.1, -0.05) is 57.7 Å². The third kappa shape index (κ3) is 5.18. The molecule has 212 valence electrons. The summed E-state index contributed by atoms with van der Waals surface area (Å²) in [6.07, 6.45) is 14.1. The summed E-state index contributed by atoms with van der Waals surface area (Å²) < 4.78 is 2.76. The van der Waals surface area contributed by atoms with Gasteiger partial charge in [-0.15, -0.1) is 0 Å². The summed E-state index contributed by atoms with van der Waals surface area (Å²) >= 11 is 0. The molecule has 0 amide bonds. The largest absolute Gasteiger partial charge is 0.372 e. The molecule has 1 aromatic carbocycles. The lowest BCUT2D eigenvalue weighted by molar-refractivity contribution is 0.222. The number of H-pyrrole nitrogens is 1. The van der Waals surface area contributed by atoms with Crippen molar-refractivity contribution >= 4 is 11.0 Å². The molecule has 2 aliphatic heterocycles. The van der Waals surface area contributed by atoms with Gasteiger partial charge in [-0.3, -0.25) is 14.6 Å². The minimum Gasteiger partial charge on any atom is -0.372 e. The molecule has 4 heterocycles. The van der Waals surface area contributed by atoms with Crippen molar-refractivity contribution in [1.82, 2.24) is 29.2 Å². The van der Waals surface area contributed by atoms with Crippen LogP contribution < -0.4 is 16.8 Å². The van der Waals surface area contributed by atoms with Crippen molar-refractivity contribution in [2.24, 2.45) is 17.8 Å². The Morgan fingerprint density at radius 2 is 1.82 bits per heavy atom. The van der Waals surface area contributed by atoms with Crippen LogP contribution in [0.1, 0.15) is 83.6 Å². The molecule has 40 heavy (non-hydrogen) atoms. The van der Waals surface area contributed by atoms with E-state index in [1.54, 1.807) is 0 Å². The normalized spacial score (nSPS) is 25.6. The van der Waals surface area contributed by atoms with E-state index in [1.165, 1.54) is 50.6 Å². The maximum Gasteiger partial charge on any atom is 0.351 e. The summed E-state index contributed by atoms with van der Waals surface area (Å²) in [6.45, 7) is 7.93. The number of hydrogen-bond acceptors (Lipinski definition) is 6. The van der Waals surface area contributed by atoms with Crippen LogP contribution in [-0.4, -0.2) is 41.8 Å². The number of hydrogen-bond donors (Lipinski definition) is 1. The SMILES string of the molecule is C=C(CCC1CCCCC1)N1C[C@@H]2C[C@@H](n3c(=O)c(-n4ncc(=O)[nH]c4=O)nc4ccccc43)C[C@H]1CC[C@@H]2C. The zero-order valence-corrected chi connectivity index (χ0v) is 23.4. The molecule has 9 nitrogen and oxygen atoms in total. The molecule has 2 aromatic heterocycles. The minimum atomic E-state index is -0.772. The highest BCUT2D eigenvalue weighted by Gasteiger charge is 2.39. The summed E-state index contributed by atoms with van der Waals surface area (Å²) in [4.78, 5) is 47.7. The average Bonchev–Trinajstić information content (AvgIpc) is 3.23. The first kappa shape index (κ1) is 26.7. The highest BCUT2D eigenvalue weighted by molar-refractivity contribution is 5.75. The Kier molecular flexibility index (Phi) is 7.47. The van der Waals surface area contributed by atoms with Crippen LogP contribution in [0.15, 0.2) is 57.1 Å². The molecule has 4 atom stereocenters. The second-order valence-corrected chi connectivity index (χ2v) is 12.3. The Labute approximate surface area is 233 Å². The highest BCUT2D eigenvalue weighted by Crippen LogP contribution is 2.42. The van der Waals surface area contributed by atoms with Crippen LogP contribution in [0.2, 0.25) is 0 Å². The molecule has 1 saturated carbocycles. The topological polar surface area (TPSA) is 106 Å². The summed E-state index contributed by atoms with van der Waals surface area (Å²) in [6, 6.07) is 7.84. The summed E-state index contributed by atoms with van der Waals surface area (Å²) in [5.74, 6) is 1.72. The number of fused-ring (bicyclic) bond motifs is 4. The highest BCUT2D eigenvalue weighted by atomic mass is 16.2. The van der Waals surface area contributed by atoms with Crippen molar-refractivity contribution < 1.29 is 0 Å². The lowest BCUT2D eigenvalue weighted by Crippen LogP contribution is -2.39. The van der Waals surface area contributed by atoms with Gasteiger partial charge in [0.05, 0.1) is 11.0 Å². The third-order valence-corrected chi connectivity index (χ3v) is 9.78. The molecule has 3 aromatic rings. The minimum absolute atomic E-state index is 0.0495. The van der Waals surface area contributed by atoms with E-state index < -0.39 is 11.2 Å². The molecular formula is C31H40N6O3. The monoisotopic (exact) mass is 544 g/mol. The summed E-state index contributed by atoms with van der Waals surface area (Å²) in [5.41, 5.74) is 0.886. The zero-order chi connectivity index (χ0) is 27.8. The van der Waals surface area contributed by atoms with Crippen molar-refractivity contribution in [3.8, 4) is 5.82 Å². The molecule has 0 spiro atoms. The van der Waals surface area contributed by atoms with Crippen LogP contribution in [-0.2, 0) is 0 Å². The second-order valence-electron chi connectivity index (χ2n) is 12.3. The Morgan fingerprint density at radius 3 is 2.62 bits per heavy atom. The number of benzene rings is 1. The van der Waals surface area contributed by atoms with Gasteiger partial charge in [0.15, 0.2) is 0 Å². The molecule has 2 saturated heterocycles. The Morgan fingerprint density at radius 1 is 1.02 bits per heavy atom. The van der Waals surface area contributed by atoms with E-state index in [-0.39, 0.29) is 17.4 Å². The maximum atomic E-state index is 14.1. The van der Waals surface area contributed by atoms with E-state index in [4.69, 9.17) is 0 Å². The second kappa shape index (κ2) is 11.2. The molecule has 1 aliphatic carbocycles. The van der Waals surface area contributed by atoms with Crippen molar-refractivity contribution in [3.63, 3.8) is 0 Å². The van der Waals surface area contributed by atoms with E-state index in [1.807, 2.05) is 28.8 Å². The van der Waals surface area contributed by atoms with Gasteiger partial charge in [0.25, 0.3) is 11.1 Å². The van der Waals surface area contributed by atoms with Crippen LogP contribution >= 0.6 is 0 Å². The number of nitrogens with zero attached hydrogens (tertiary/aromatic N) is 5. The van der Waals surface area contributed by atoms with Gasteiger partial charge in [-0.2, -0.15) is 9.78 Å². The number of para-hydroxylation sites is 2. The first-order valence-electron chi connectivity index (χ1n) is 15.0. The molecule has 1 N–H and O–H groups in total. The fourth-order valence-electron chi connectivity index (χ4n) is 7.47. The smallest absolute Gasteiger partial charge is 0.351 e. The molecule has 0 unspecified atom stereocenters. The maximum absolute atomic E-state index is 14.1. The van der Waals surface area contributed by atoms with Crippen LogP contribution in [0.3, 0.4) is 0 Å². The Balaban J connectivity index is 1.36. The molecule has 3 fully saturated rings. The Hall–Kier alpha value is -3.49. The number of nitrogens with one attached hydrogen (secondary N) is 1. The van der Waals surface area contributed by atoms with Gasteiger partial charge in [0.1, 0.15) is 6.20 Å². The van der Waals surface area contributed by atoms with Crippen LogP contribution in [0.25, 0.3) is 16.9 Å². The van der Waals surface area contributed by atoms with Crippen molar-refractivity contribution in [1.29, 1.82) is 0 Å². The van der Waals surface area contributed by atoms with E-state index >= 15 is 0 Å².